The van der Waals surface area contributed by atoms with Crippen LogP contribution in [0.4, 0.5) is 27.8 Å². The molecular weight excluding hydrogens is 567 g/mol. The molecule has 0 aliphatic carbocycles. The molecule has 0 fully saturated rings. The summed E-state index contributed by atoms with van der Waals surface area (Å²) < 4.78 is 72.0. The molecule has 0 aliphatic heterocycles. The third-order valence-electron chi connectivity index (χ3n) is 5.77. The van der Waals surface area contributed by atoms with Crippen molar-refractivity contribution in [3.8, 4) is 5.75 Å². The molecule has 0 spiro atoms. The molecule has 2 amide bonds. The van der Waals surface area contributed by atoms with Crippen LogP contribution in [0.5, 0.6) is 5.75 Å². The van der Waals surface area contributed by atoms with Crippen molar-refractivity contribution in [3.63, 3.8) is 0 Å². The van der Waals surface area contributed by atoms with Gasteiger partial charge in [0.25, 0.3) is 5.91 Å². The lowest BCUT2D eigenvalue weighted by Crippen LogP contribution is -2.23. The van der Waals surface area contributed by atoms with Gasteiger partial charge in [0.05, 0.1) is 25.4 Å². The van der Waals surface area contributed by atoms with Gasteiger partial charge in [-0.3, -0.25) is 14.3 Å². The summed E-state index contributed by atoms with van der Waals surface area (Å²) in [5.41, 5.74) is 1.72. The number of aryl methyl sites for hydroxylation is 2. The molecule has 0 bridgehead atoms. The van der Waals surface area contributed by atoms with E-state index < -0.39 is 42.3 Å². The molecule has 222 valence electrons. The fourth-order valence-electron chi connectivity index (χ4n) is 3.86. The minimum Gasteiger partial charge on any atom is -0.406 e. The van der Waals surface area contributed by atoms with Crippen LogP contribution in [0, 0.1) is 12.7 Å². The van der Waals surface area contributed by atoms with Gasteiger partial charge >= 0.3 is 6.36 Å². The lowest BCUT2D eigenvalue weighted by atomic mass is 10.1. The van der Waals surface area contributed by atoms with Gasteiger partial charge in [0, 0.05) is 25.1 Å². The van der Waals surface area contributed by atoms with Crippen LogP contribution in [-0.4, -0.2) is 54.3 Å². The number of ether oxygens (including phenoxy) is 1. The molecule has 11 nitrogen and oxygen atoms in total. The molecule has 2 N–H and O–H groups in total. The van der Waals surface area contributed by atoms with Crippen molar-refractivity contribution in [1.82, 2.24) is 35.3 Å². The number of nitrogens with zero attached hydrogens (tertiary/aromatic N) is 6. The largest absolute Gasteiger partial charge is 0.573 e. The first-order valence-corrected chi connectivity index (χ1v) is 12.6. The predicted octanol–water partition coefficient (Wildman–Crippen LogP) is 3.76. The summed E-state index contributed by atoms with van der Waals surface area (Å²) in [7, 11) is 0. The number of carbonyl (C=O) groups is 2. The number of rotatable bonds is 12. The summed E-state index contributed by atoms with van der Waals surface area (Å²) in [4.78, 5) is 24.6. The maximum Gasteiger partial charge on any atom is 0.573 e. The number of carbonyl (C=O) groups excluding carboxylic acids is 2. The van der Waals surface area contributed by atoms with Crippen LogP contribution in [0.2, 0.25) is 0 Å². The quantitative estimate of drug-likeness (QED) is 0.240. The highest BCUT2D eigenvalue weighted by atomic mass is 19.4. The molecular formula is C26H25F5N8O3. The third kappa shape index (κ3) is 9.07. The van der Waals surface area contributed by atoms with Crippen molar-refractivity contribution in [2.75, 3.05) is 5.32 Å². The molecule has 0 radical (unpaired) electrons. The summed E-state index contributed by atoms with van der Waals surface area (Å²) in [5, 5.41) is 20.2. The molecule has 2 aromatic heterocycles. The van der Waals surface area contributed by atoms with Crippen molar-refractivity contribution < 1.29 is 36.3 Å². The van der Waals surface area contributed by atoms with E-state index in [1.807, 2.05) is 31.2 Å². The van der Waals surface area contributed by atoms with E-state index in [0.717, 1.165) is 29.3 Å². The maximum atomic E-state index is 14.6. The summed E-state index contributed by atoms with van der Waals surface area (Å²) in [5.74, 6) is -2.78. The Morgan fingerprint density at radius 3 is 2.60 bits per heavy atom. The molecule has 2 aromatic carbocycles. The Kier molecular flexibility index (Phi) is 9.44. The number of alkyl halides is 4. The second-order valence-electron chi connectivity index (χ2n) is 9.28. The van der Waals surface area contributed by atoms with Gasteiger partial charge in [-0.05, 0) is 30.7 Å². The molecule has 4 rings (SSSR count). The first-order chi connectivity index (χ1) is 19.9. The fraction of sp³-hybridized carbons (Fsp3) is 0.308. The van der Waals surface area contributed by atoms with Gasteiger partial charge in [-0.15, -0.1) is 23.4 Å². The van der Waals surface area contributed by atoms with E-state index in [1.54, 1.807) is 0 Å². The second-order valence-corrected chi connectivity index (χ2v) is 9.28. The average Bonchev–Trinajstić information content (AvgIpc) is 3.57. The Balaban J connectivity index is 1.21. The summed E-state index contributed by atoms with van der Waals surface area (Å²) in [6.45, 7) is 2.16. The van der Waals surface area contributed by atoms with E-state index in [4.69, 9.17) is 0 Å². The van der Waals surface area contributed by atoms with Crippen molar-refractivity contribution in [2.45, 2.75) is 51.9 Å². The van der Waals surface area contributed by atoms with E-state index >= 15 is 0 Å². The standard InChI is InChI=1S/C26H25F5N8O3/c1-16-3-2-4-17(9-16)12-32-25(41)22-14-39(36-34-22)13-19(27)7-8-38-15-23(35-37-38)33-24(40)11-18-10-20(5-6-21(18)28)42-26(29,30)31/h2-6,9-10,14-15,19H,7-8,11-13H2,1H3,(H,32,41)(H,33,40). The van der Waals surface area contributed by atoms with Crippen LogP contribution < -0.4 is 15.4 Å². The highest BCUT2D eigenvalue weighted by Crippen LogP contribution is 2.25. The minimum absolute atomic E-state index is 0.0112. The SMILES string of the molecule is Cc1cccc(CNC(=O)c2cn(CC(F)CCn3cc(NC(=O)Cc4cc(OC(F)(F)F)ccc4F)nn3)nn2)c1. The first kappa shape index (κ1) is 30.1. The van der Waals surface area contributed by atoms with E-state index in [-0.39, 0.29) is 36.6 Å². The number of benzene rings is 2. The molecule has 16 heteroatoms. The third-order valence-corrected chi connectivity index (χ3v) is 5.77. The van der Waals surface area contributed by atoms with Gasteiger partial charge in [0.2, 0.25) is 5.91 Å². The zero-order valence-electron chi connectivity index (χ0n) is 22.1. The predicted molar refractivity (Wildman–Crippen MR) is 137 cm³/mol. The zero-order chi connectivity index (χ0) is 30.3. The average molecular weight is 593 g/mol. The number of hydrogen-bond acceptors (Lipinski definition) is 7. The number of nitrogens with one attached hydrogen (secondary N) is 2. The molecule has 42 heavy (non-hydrogen) atoms. The highest BCUT2D eigenvalue weighted by molar-refractivity contribution is 5.92. The summed E-state index contributed by atoms with van der Waals surface area (Å²) >= 11 is 0. The normalized spacial score (nSPS) is 12.1. The van der Waals surface area contributed by atoms with E-state index in [0.29, 0.717) is 6.54 Å². The number of amides is 2. The van der Waals surface area contributed by atoms with E-state index in [1.165, 1.54) is 21.8 Å². The van der Waals surface area contributed by atoms with Crippen LogP contribution >= 0.6 is 0 Å². The lowest BCUT2D eigenvalue weighted by molar-refractivity contribution is -0.274. The van der Waals surface area contributed by atoms with Gasteiger partial charge in [0.15, 0.2) is 11.5 Å². The number of anilines is 1. The fourth-order valence-corrected chi connectivity index (χ4v) is 3.86. The number of halogens is 5. The molecule has 2 heterocycles. The maximum absolute atomic E-state index is 14.6. The Labute approximate surface area is 235 Å². The van der Waals surface area contributed by atoms with Crippen LogP contribution in [0.15, 0.2) is 54.9 Å². The van der Waals surface area contributed by atoms with Gasteiger partial charge in [-0.2, -0.15) is 0 Å². The van der Waals surface area contributed by atoms with Gasteiger partial charge in [-0.25, -0.2) is 13.5 Å². The van der Waals surface area contributed by atoms with Crippen LogP contribution in [0.25, 0.3) is 0 Å². The Morgan fingerprint density at radius 1 is 1.05 bits per heavy atom. The molecule has 1 atom stereocenters. The Hall–Kier alpha value is -4.89. The Bertz CT molecular complexity index is 1540. The van der Waals surface area contributed by atoms with Crippen molar-refractivity contribution in [3.05, 3.63) is 83.1 Å². The molecule has 1 unspecified atom stereocenters. The molecule has 0 aliphatic rings. The first-order valence-electron chi connectivity index (χ1n) is 12.6. The number of aromatic nitrogens is 6. The van der Waals surface area contributed by atoms with Gasteiger partial charge in [0.1, 0.15) is 17.7 Å². The second kappa shape index (κ2) is 13.2. The van der Waals surface area contributed by atoms with E-state index in [2.05, 4.69) is 36.0 Å². The monoisotopic (exact) mass is 592 g/mol. The smallest absolute Gasteiger partial charge is 0.406 e. The lowest BCUT2D eigenvalue weighted by Gasteiger charge is -2.10. The molecule has 4 aromatic rings. The van der Waals surface area contributed by atoms with Crippen LogP contribution in [0.3, 0.4) is 0 Å². The van der Waals surface area contributed by atoms with Crippen LogP contribution in [-0.2, 0) is 30.8 Å². The van der Waals surface area contributed by atoms with Crippen molar-refractivity contribution >= 4 is 17.6 Å². The minimum atomic E-state index is -4.97. The summed E-state index contributed by atoms with van der Waals surface area (Å²) in [6.07, 6.45) is -4.30. The van der Waals surface area contributed by atoms with Crippen molar-refractivity contribution in [1.29, 1.82) is 0 Å². The van der Waals surface area contributed by atoms with Crippen molar-refractivity contribution in [2.24, 2.45) is 0 Å². The van der Waals surface area contributed by atoms with E-state index in [9.17, 15) is 31.5 Å². The molecule has 0 saturated heterocycles. The van der Waals surface area contributed by atoms with Crippen LogP contribution in [0.1, 0.15) is 33.6 Å². The highest BCUT2D eigenvalue weighted by Gasteiger charge is 2.31. The summed E-state index contributed by atoms with van der Waals surface area (Å²) in [6, 6.07) is 9.98. The van der Waals surface area contributed by atoms with Gasteiger partial charge in [-0.1, -0.05) is 40.3 Å². The topological polar surface area (TPSA) is 129 Å². The zero-order valence-corrected chi connectivity index (χ0v) is 22.1. The molecule has 0 saturated carbocycles. The Morgan fingerprint density at radius 2 is 1.83 bits per heavy atom. The number of hydrogen-bond donors (Lipinski definition) is 2. The van der Waals surface area contributed by atoms with Gasteiger partial charge < -0.3 is 15.4 Å².